The summed E-state index contributed by atoms with van der Waals surface area (Å²) in [6.45, 7) is 6.10. The number of benzene rings is 2. The summed E-state index contributed by atoms with van der Waals surface area (Å²) in [4.78, 5) is 24.2. The number of amides is 1. The van der Waals surface area contributed by atoms with Crippen molar-refractivity contribution in [1.29, 1.82) is 0 Å². The van der Waals surface area contributed by atoms with Crippen LogP contribution in [-0.2, 0) is 27.1 Å². The Balaban J connectivity index is 1.65. The Kier molecular flexibility index (Phi) is 6.06. The molecule has 1 amide bonds. The van der Waals surface area contributed by atoms with Crippen LogP contribution >= 0.6 is 0 Å². The van der Waals surface area contributed by atoms with Gasteiger partial charge in [0.1, 0.15) is 18.1 Å². The molecule has 4 aromatic rings. The molecule has 176 valence electrons. The maximum Gasteiger partial charge on any atom is 0.368 e. The van der Waals surface area contributed by atoms with Gasteiger partial charge in [0.05, 0.1) is 11.4 Å². The van der Waals surface area contributed by atoms with Crippen LogP contribution in [0.5, 0.6) is 5.75 Å². The van der Waals surface area contributed by atoms with Crippen molar-refractivity contribution in [1.82, 2.24) is 29.6 Å². The zero-order chi connectivity index (χ0) is 24.6. The molecule has 0 fully saturated rings. The van der Waals surface area contributed by atoms with Crippen molar-refractivity contribution in [2.24, 2.45) is 19.8 Å². The Morgan fingerprint density at radius 1 is 1.09 bits per heavy atom. The van der Waals surface area contributed by atoms with Crippen LogP contribution in [0.3, 0.4) is 0 Å². The predicted octanol–water partition coefficient (Wildman–Crippen LogP) is 2.22. The number of aryl methyl sites for hydroxylation is 4. The van der Waals surface area contributed by atoms with Crippen molar-refractivity contribution >= 4 is 5.91 Å². The van der Waals surface area contributed by atoms with E-state index in [1.165, 1.54) is 14.0 Å². The van der Waals surface area contributed by atoms with E-state index in [0.717, 1.165) is 34.2 Å². The lowest BCUT2D eigenvalue weighted by Crippen LogP contribution is -2.23. The third kappa shape index (κ3) is 3.98. The van der Waals surface area contributed by atoms with E-state index >= 15 is 0 Å². The molecule has 2 N–H and O–H groups in total. The number of hydrogen-bond acceptors (Lipinski definition) is 6. The highest BCUT2D eigenvalue weighted by Gasteiger charge is 2.19. The van der Waals surface area contributed by atoms with Crippen LogP contribution in [0.15, 0.2) is 41.2 Å². The van der Waals surface area contributed by atoms with Gasteiger partial charge in [0.15, 0.2) is 0 Å². The molecule has 0 aliphatic rings. The van der Waals surface area contributed by atoms with Gasteiger partial charge in [0.25, 0.3) is 5.91 Å². The Labute approximate surface area is 196 Å². The first-order chi connectivity index (χ1) is 16.2. The fourth-order valence-electron chi connectivity index (χ4n) is 4.14. The first-order valence-corrected chi connectivity index (χ1v) is 10.9. The molecule has 0 unspecified atom stereocenters. The lowest BCUT2D eigenvalue weighted by molar-refractivity contribution is 0.0990. The fourth-order valence-corrected chi connectivity index (χ4v) is 4.14. The number of aromatic nitrogens is 6. The van der Waals surface area contributed by atoms with E-state index in [2.05, 4.69) is 22.4 Å². The highest BCUT2D eigenvalue weighted by molar-refractivity contribution is 5.94. The van der Waals surface area contributed by atoms with Gasteiger partial charge in [-0.15, -0.1) is 0 Å². The summed E-state index contributed by atoms with van der Waals surface area (Å²) in [6, 6.07) is 11.5. The monoisotopic (exact) mass is 461 g/mol. The largest absolute Gasteiger partial charge is 0.489 e. The van der Waals surface area contributed by atoms with Gasteiger partial charge in [-0.25, -0.2) is 4.79 Å². The summed E-state index contributed by atoms with van der Waals surface area (Å²) < 4.78 is 10.2. The number of nitrogens with zero attached hydrogens (tertiary/aromatic N) is 6. The molecule has 0 bridgehead atoms. The maximum absolute atomic E-state index is 12.4. The van der Waals surface area contributed by atoms with Gasteiger partial charge in [-0.05, 0) is 66.1 Å². The number of primary amides is 1. The molecular weight excluding hydrogens is 434 g/mol. The van der Waals surface area contributed by atoms with Crippen molar-refractivity contribution in [2.45, 2.75) is 33.8 Å². The third-order valence-electron chi connectivity index (χ3n) is 5.92. The highest BCUT2D eigenvalue weighted by atomic mass is 16.5. The quantitative estimate of drug-likeness (QED) is 0.450. The number of nitrogens with two attached hydrogens (primary N) is 1. The van der Waals surface area contributed by atoms with Crippen LogP contribution < -0.4 is 16.2 Å². The van der Waals surface area contributed by atoms with Gasteiger partial charge in [0, 0.05) is 30.8 Å². The number of ether oxygens (including phenoxy) is 1. The van der Waals surface area contributed by atoms with Crippen molar-refractivity contribution < 1.29 is 9.53 Å². The third-order valence-corrected chi connectivity index (χ3v) is 5.92. The lowest BCUT2D eigenvalue weighted by Gasteiger charge is -2.15. The van der Waals surface area contributed by atoms with Crippen LogP contribution in [0.4, 0.5) is 0 Å². The standard InChI is InChI=1S/C24H27N7O3/c1-6-16-8-7-9-19(31-24(33)30(5)27-28-31)18(16)13-34-20-11-10-17(12-14(20)2)21-15(3)22(23(25)32)29(4)26-21/h7-12H,6,13H2,1-5H3,(H2,25,32). The van der Waals surface area contributed by atoms with Crippen LogP contribution in [0.25, 0.3) is 16.9 Å². The smallest absolute Gasteiger partial charge is 0.368 e. The molecule has 2 aromatic heterocycles. The molecule has 2 aromatic carbocycles. The molecule has 0 saturated heterocycles. The van der Waals surface area contributed by atoms with E-state index in [-0.39, 0.29) is 12.3 Å². The molecule has 0 atom stereocenters. The molecular formula is C24H27N7O3. The molecule has 0 spiro atoms. The SMILES string of the molecule is CCc1cccc(-n2nnn(C)c2=O)c1COc1ccc(-c2nn(C)c(C(N)=O)c2C)cc1C. The number of tetrazole rings is 1. The summed E-state index contributed by atoms with van der Waals surface area (Å²) in [6.07, 6.45) is 0.778. The van der Waals surface area contributed by atoms with Crippen molar-refractivity contribution in [2.75, 3.05) is 0 Å². The average molecular weight is 462 g/mol. The number of carbonyl (C=O) groups is 1. The highest BCUT2D eigenvalue weighted by Crippen LogP contribution is 2.30. The molecule has 34 heavy (non-hydrogen) atoms. The summed E-state index contributed by atoms with van der Waals surface area (Å²) in [5, 5.41) is 12.3. The number of hydrogen-bond donors (Lipinski definition) is 1. The molecule has 0 aliphatic heterocycles. The van der Waals surface area contributed by atoms with Crippen LogP contribution in [0.1, 0.15) is 39.7 Å². The first-order valence-electron chi connectivity index (χ1n) is 10.9. The second-order valence-corrected chi connectivity index (χ2v) is 8.14. The maximum atomic E-state index is 12.4. The summed E-state index contributed by atoms with van der Waals surface area (Å²) in [5.74, 6) is 0.193. The normalized spacial score (nSPS) is 11.1. The molecule has 0 aliphatic carbocycles. The van der Waals surface area contributed by atoms with Gasteiger partial charge < -0.3 is 10.5 Å². The van der Waals surface area contributed by atoms with Crippen molar-refractivity contribution in [3.8, 4) is 22.7 Å². The molecule has 2 heterocycles. The molecule has 0 radical (unpaired) electrons. The second-order valence-electron chi connectivity index (χ2n) is 8.14. The second kappa shape index (κ2) is 8.97. The minimum Gasteiger partial charge on any atom is -0.489 e. The topological polar surface area (TPSA) is 123 Å². The number of carbonyl (C=O) groups excluding carboxylic acids is 1. The first kappa shape index (κ1) is 23.0. The lowest BCUT2D eigenvalue weighted by atomic mass is 10.0. The summed E-state index contributed by atoms with van der Waals surface area (Å²) >= 11 is 0. The molecule has 4 rings (SSSR count). The van der Waals surface area contributed by atoms with Crippen LogP contribution in [0.2, 0.25) is 0 Å². The summed E-state index contributed by atoms with van der Waals surface area (Å²) in [5.41, 5.74) is 11.4. The van der Waals surface area contributed by atoms with Crippen LogP contribution in [0, 0.1) is 13.8 Å². The van der Waals surface area contributed by atoms with E-state index in [1.54, 1.807) is 14.1 Å². The van der Waals surface area contributed by atoms with E-state index in [9.17, 15) is 9.59 Å². The average Bonchev–Trinajstić information content (AvgIpc) is 3.30. The van der Waals surface area contributed by atoms with E-state index in [0.29, 0.717) is 22.8 Å². The van der Waals surface area contributed by atoms with Gasteiger partial charge in [-0.2, -0.15) is 14.5 Å². The summed E-state index contributed by atoms with van der Waals surface area (Å²) in [7, 11) is 3.26. The zero-order valence-corrected chi connectivity index (χ0v) is 19.9. The Bertz CT molecular complexity index is 1450. The Morgan fingerprint density at radius 3 is 2.44 bits per heavy atom. The molecule has 10 nitrogen and oxygen atoms in total. The Morgan fingerprint density at radius 2 is 1.85 bits per heavy atom. The van der Waals surface area contributed by atoms with Gasteiger partial charge >= 0.3 is 5.69 Å². The predicted molar refractivity (Wildman–Crippen MR) is 127 cm³/mol. The minimum absolute atomic E-state index is 0.261. The van der Waals surface area contributed by atoms with E-state index < -0.39 is 5.91 Å². The molecule has 10 heteroatoms. The van der Waals surface area contributed by atoms with Crippen LogP contribution in [-0.4, -0.2) is 35.5 Å². The van der Waals surface area contributed by atoms with Crippen molar-refractivity contribution in [3.63, 3.8) is 0 Å². The molecule has 0 saturated carbocycles. The van der Waals surface area contributed by atoms with Gasteiger partial charge in [-0.3, -0.25) is 9.48 Å². The number of rotatable bonds is 7. The fraction of sp³-hybridized carbons (Fsp3) is 0.292. The zero-order valence-electron chi connectivity index (χ0n) is 19.9. The Hall–Kier alpha value is -4.21. The van der Waals surface area contributed by atoms with Gasteiger partial charge in [0.2, 0.25) is 0 Å². The van der Waals surface area contributed by atoms with Crippen molar-refractivity contribution in [3.05, 3.63) is 74.8 Å². The van der Waals surface area contributed by atoms with E-state index in [1.807, 2.05) is 50.2 Å². The minimum atomic E-state index is -0.511. The van der Waals surface area contributed by atoms with Gasteiger partial charge in [-0.1, -0.05) is 19.1 Å². The van der Waals surface area contributed by atoms with E-state index in [4.69, 9.17) is 10.5 Å².